The molecule has 104 valence electrons. The fourth-order valence-electron chi connectivity index (χ4n) is 2.85. The summed E-state index contributed by atoms with van der Waals surface area (Å²) in [4.78, 5) is 2.49. The normalized spacial score (nSPS) is 23.2. The predicted molar refractivity (Wildman–Crippen MR) is 75.9 cm³/mol. The van der Waals surface area contributed by atoms with Crippen molar-refractivity contribution >= 4 is 11.6 Å². The van der Waals surface area contributed by atoms with Crippen molar-refractivity contribution in [2.24, 2.45) is 0 Å². The maximum absolute atomic E-state index is 13.5. The molecule has 2 nitrogen and oxygen atoms in total. The zero-order valence-electron chi connectivity index (χ0n) is 11.0. The van der Waals surface area contributed by atoms with E-state index in [2.05, 4.69) is 10.2 Å². The summed E-state index contributed by atoms with van der Waals surface area (Å²) in [6.07, 6.45) is 5.10. The van der Waals surface area contributed by atoms with Crippen LogP contribution in [-0.4, -0.2) is 30.1 Å². The van der Waals surface area contributed by atoms with Crippen molar-refractivity contribution in [1.29, 1.82) is 0 Å². The summed E-state index contributed by atoms with van der Waals surface area (Å²) in [6, 6.07) is 6.47. The lowest BCUT2D eigenvalue weighted by molar-refractivity contribution is 0.231. The molecule has 1 aliphatic heterocycles. The lowest BCUT2D eigenvalue weighted by atomic mass is 10.1. The largest absolute Gasteiger partial charge is 0.313 e. The highest BCUT2D eigenvalue weighted by Crippen LogP contribution is 2.29. The summed E-state index contributed by atoms with van der Waals surface area (Å²) < 4.78 is 13.5. The Kier molecular flexibility index (Phi) is 4.06. The van der Waals surface area contributed by atoms with E-state index in [1.807, 2.05) is 6.07 Å². The molecule has 0 spiro atoms. The highest BCUT2D eigenvalue weighted by Gasteiger charge is 2.31. The number of hydrogen-bond donors (Lipinski definition) is 1. The second kappa shape index (κ2) is 5.78. The van der Waals surface area contributed by atoms with Crippen LogP contribution < -0.4 is 5.32 Å². The number of nitrogens with zero attached hydrogens (tertiary/aromatic N) is 1. The average Bonchev–Trinajstić information content (AvgIpc) is 3.12. The van der Waals surface area contributed by atoms with Gasteiger partial charge in [0.2, 0.25) is 0 Å². The minimum atomic E-state index is -0.311. The Morgan fingerprint density at radius 1 is 1.32 bits per heavy atom. The third kappa shape index (κ3) is 3.47. The van der Waals surface area contributed by atoms with Crippen LogP contribution in [-0.2, 0) is 6.54 Å². The molecule has 1 saturated carbocycles. The molecule has 1 aromatic rings. The molecular weight excluding hydrogens is 263 g/mol. The zero-order valence-corrected chi connectivity index (χ0v) is 11.8. The monoisotopic (exact) mass is 282 g/mol. The minimum Gasteiger partial charge on any atom is -0.313 e. The van der Waals surface area contributed by atoms with Crippen molar-refractivity contribution < 1.29 is 4.39 Å². The fraction of sp³-hybridized carbons (Fsp3) is 0.600. The Labute approximate surface area is 118 Å². The molecule has 1 N–H and O–H groups in total. The summed E-state index contributed by atoms with van der Waals surface area (Å²) in [5.41, 5.74) is 1.02. The lowest BCUT2D eigenvalue weighted by Gasteiger charge is -2.25. The van der Waals surface area contributed by atoms with Gasteiger partial charge in [-0.25, -0.2) is 4.39 Å². The van der Waals surface area contributed by atoms with Crippen molar-refractivity contribution in [1.82, 2.24) is 10.2 Å². The summed E-state index contributed by atoms with van der Waals surface area (Å²) >= 11 is 5.73. The first-order chi connectivity index (χ1) is 9.22. The van der Waals surface area contributed by atoms with E-state index in [9.17, 15) is 4.39 Å². The summed E-state index contributed by atoms with van der Waals surface area (Å²) in [5, 5.41) is 3.75. The summed E-state index contributed by atoms with van der Waals surface area (Å²) in [7, 11) is 0. The first kappa shape index (κ1) is 13.3. The van der Waals surface area contributed by atoms with E-state index in [1.165, 1.54) is 25.7 Å². The molecule has 19 heavy (non-hydrogen) atoms. The molecule has 3 rings (SSSR count). The van der Waals surface area contributed by atoms with Crippen molar-refractivity contribution in [3.63, 3.8) is 0 Å². The molecule has 1 aromatic carbocycles. The van der Waals surface area contributed by atoms with E-state index >= 15 is 0 Å². The third-order valence-electron chi connectivity index (χ3n) is 4.05. The van der Waals surface area contributed by atoms with Gasteiger partial charge >= 0.3 is 0 Å². The summed E-state index contributed by atoms with van der Waals surface area (Å²) in [5.74, 6) is -0.311. The molecule has 0 aromatic heterocycles. The van der Waals surface area contributed by atoms with Crippen LogP contribution in [0.2, 0.25) is 5.02 Å². The molecule has 1 heterocycles. The highest BCUT2D eigenvalue weighted by atomic mass is 35.5. The van der Waals surface area contributed by atoms with Gasteiger partial charge < -0.3 is 5.32 Å². The van der Waals surface area contributed by atoms with Gasteiger partial charge in [-0.1, -0.05) is 17.7 Å². The van der Waals surface area contributed by atoms with Crippen LogP contribution in [0.4, 0.5) is 4.39 Å². The number of hydrogen-bond acceptors (Lipinski definition) is 2. The Morgan fingerprint density at radius 3 is 2.79 bits per heavy atom. The van der Waals surface area contributed by atoms with Gasteiger partial charge in [0.15, 0.2) is 0 Å². The second-order valence-corrected chi connectivity index (χ2v) is 6.11. The first-order valence-electron chi connectivity index (χ1n) is 7.14. The second-order valence-electron chi connectivity index (χ2n) is 5.70. The van der Waals surface area contributed by atoms with Crippen molar-refractivity contribution in [2.45, 2.75) is 44.3 Å². The van der Waals surface area contributed by atoms with Crippen molar-refractivity contribution in [3.8, 4) is 0 Å². The van der Waals surface area contributed by atoms with Gasteiger partial charge in [0.1, 0.15) is 5.82 Å². The van der Waals surface area contributed by atoms with Crippen LogP contribution in [0.5, 0.6) is 0 Å². The van der Waals surface area contributed by atoms with E-state index in [-0.39, 0.29) is 10.8 Å². The maximum atomic E-state index is 13.5. The minimum absolute atomic E-state index is 0.208. The molecule has 1 unspecified atom stereocenters. The molecule has 2 aliphatic rings. The molecule has 0 amide bonds. The molecule has 1 saturated heterocycles. The van der Waals surface area contributed by atoms with Crippen LogP contribution in [0.25, 0.3) is 0 Å². The third-order valence-corrected chi connectivity index (χ3v) is 4.36. The first-order valence-corrected chi connectivity index (χ1v) is 7.51. The van der Waals surface area contributed by atoms with Crippen molar-refractivity contribution in [3.05, 3.63) is 34.6 Å². The summed E-state index contributed by atoms with van der Waals surface area (Å²) in [6.45, 7) is 3.05. The van der Waals surface area contributed by atoms with E-state index in [4.69, 9.17) is 11.6 Å². The molecular formula is C15H20ClFN2. The molecule has 1 aliphatic carbocycles. The zero-order chi connectivity index (χ0) is 13.2. The Balaban J connectivity index is 1.64. The van der Waals surface area contributed by atoms with Crippen LogP contribution in [0.15, 0.2) is 18.2 Å². The molecule has 4 heteroatoms. The predicted octanol–water partition coefficient (Wildman–Crippen LogP) is 3.20. The molecule has 0 radical (unpaired) electrons. The quantitative estimate of drug-likeness (QED) is 0.892. The van der Waals surface area contributed by atoms with Gasteiger partial charge in [-0.05, 0) is 49.9 Å². The van der Waals surface area contributed by atoms with Gasteiger partial charge in [0.05, 0.1) is 5.02 Å². The Morgan fingerprint density at radius 2 is 2.16 bits per heavy atom. The van der Waals surface area contributed by atoms with Gasteiger partial charge in [-0.3, -0.25) is 4.90 Å². The van der Waals surface area contributed by atoms with E-state index < -0.39 is 0 Å². The van der Waals surface area contributed by atoms with Crippen LogP contribution in [0, 0.1) is 5.82 Å². The average molecular weight is 283 g/mol. The Bertz CT molecular complexity index is 442. The lowest BCUT2D eigenvalue weighted by Crippen LogP contribution is -2.38. The maximum Gasteiger partial charge on any atom is 0.142 e. The number of halogens is 2. The van der Waals surface area contributed by atoms with Gasteiger partial charge in [-0.15, -0.1) is 0 Å². The topological polar surface area (TPSA) is 15.3 Å². The molecule has 2 fully saturated rings. The van der Waals surface area contributed by atoms with E-state index in [1.54, 1.807) is 12.1 Å². The van der Waals surface area contributed by atoms with Crippen LogP contribution in [0.1, 0.15) is 31.2 Å². The van der Waals surface area contributed by atoms with Crippen LogP contribution in [0.3, 0.4) is 0 Å². The van der Waals surface area contributed by atoms with Crippen LogP contribution >= 0.6 is 11.6 Å². The number of benzene rings is 1. The van der Waals surface area contributed by atoms with Gasteiger partial charge in [0.25, 0.3) is 0 Å². The van der Waals surface area contributed by atoms with E-state index in [0.717, 1.165) is 25.2 Å². The highest BCUT2D eigenvalue weighted by molar-refractivity contribution is 6.30. The standard InChI is InChI=1S/C15H20ClFN2/c16-14-6-3-11(8-15(14)17)9-19(13-4-5-13)10-12-2-1-7-18-12/h3,6,8,12-13,18H,1-2,4-5,7,9-10H2. The fourth-order valence-corrected chi connectivity index (χ4v) is 2.97. The van der Waals surface area contributed by atoms with Crippen molar-refractivity contribution in [2.75, 3.05) is 13.1 Å². The smallest absolute Gasteiger partial charge is 0.142 e. The van der Waals surface area contributed by atoms with Gasteiger partial charge in [0, 0.05) is 25.2 Å². The molecule has 1 atom stereocenters. The molecule has 0 bridgehead atoms. The Hall–Kier alpha value is -0.640. The van der Waals surface area contributed by atoms with Gasteiger partial charge in [-0.2, -0.15) is 0 Å². The SMILES string of the molecule is Fc1cc(CN(CC2CCCN2)C2CC2)ccc1Cl. The number of nitrogens with one attached hydrogen (secondary N) is 1. The van der Waals surface area contributed by atoms with E-state index in [0.29, 0.717) is 12.1 Å². The number of rotatable bonds is 5.